The predicted octanol–water partition coefficient (Wildman–Crippen LogP) is 2.75. The van der Waals surface area contributed by atoms with Crippen LogP contribution >= 0.6 is 0 Å². The lowest BCUT2D eigenvalue weighted by Crippen LogP contribution is -2.36. The molecule has 0 spiro atoms. The summed E-state index contributed by atoms with van der Waals surface area (Å²) in [4.78, 5) is 0. The third kappa shape index (κ3) is 2.19. The average molecular weight is 192 g/mol. The zero-order valence-corrected chi connectivity index (χ0v) is 9.59. The van der Waals surface area contributed by atoms with Gasteiger partial charge in [0.2, 0.25) is 0 Å². The molecule has 14 heavy (non-hydrogen) atoms. The Morgan fingerprint density at radius 3 is 2.64 bits per heavy atom. The normalized spacial score (nSPS) is 30.0. The lowest BCUT2D eigenvalue weighted by molar-refractivity contribution is 0.0587. The Bertz CT molecular complexity index is 289. The first-order chi connectivity index (χ1) is 6.28. The first-order valence-corrected chi connectivity index (χ1v) is 5.18. The van der Waals surface area contributed by atoms with E-state index in [0.29, 0.717) is 0 Å². The fourth-order valence-corrected chi connectivity index (χ4v) is 2.36. The lowest BCUT2D eigenvalue weighted by atomic mass is 9.70. The van der Waals surface area contributed by atoms with Gasteiger partial charge >= 0.3 is 0 Å². The zero-order chi connectivity index (χ0) is 11.0. The van der Waals surface area contributed by atoms with Crippen molar-refractivity contribution >= 4 is 0 Å². The van der Waals surface area contributed by atoms with Crippen LogP contribution in [0.4, 0.5) is 0 Å². The summed E-state index contributed by atoms with van der Waals surface area (Å²) in [7, 11) is 0. The first-order valence-electron chi connectivity index (χ1n) is 5.18. The van der Waals surface area contributed by atoms with Gasteiger partial charge in [-0.15, -0.1) is 6.42 Å². The molecule has 0 fully saturated rings. The Balaban J connectivity index is 2.94. The third-order valence-electron chi connectivity index (χ3n) is 3.22. The van der Waals surface area contributed by atoms with Gasteiger partial charge in [-0.3, -0.25) is 0 Å². The second-order valence-electron chi connectivity index (χ2n) is 5.26. The van der Waals surface area contributed by atoms with E-state index in [4.69, 9.17) is 6.42 Å². The molecular formula is C13H20O. The molecule has 0 aromatic rings. The summed E-state index contributed by atoms with van der Waals surface area (Å²) in [6.45, 7) is 8.24. The van der Waals surface area contributed by atoms with Crippen LogP contribution < -0.4 is 0 Å². The molecule has 2 atom stereocenters. The van der Waals surface area contributed by atoms with Crippen molar-refractivity contribution in [3.63, 3.8) is 0 Å². The maximum Gasteiger partial charge on any atom is 0.128 e. The molecule has 0 radical (unpaired) electrons. The van der Waals surface area contributed by atoms with Gasteiger partial charge in [-0.1, -0.05) is 31.4 Å². The van der Waals surface area contributed by atoms with Crippen molar-refractivity contribution < 1.29 is 5.11 Å². The Kier molecular flexibility index (Phi) is 2.78. The van der Waals surface area contributed by atoms with Gasteiger partial charge in [-0.2, -0.15) is 0 Å². The number of allylic oxidation sites excluding steroid dienone is 1. The zero-order valence-electron chi connectivity index (χ0n) is 9.59. The smallest absolute Gasteiger partial charge is 0.128 e. The van der Waals surface area contributed by atoms with Crippen LogP contribution in [0.5, 0.6) is 0 Å². The maximum absolute atomic E-state index is 10.0. The Morgan fingerprint density at radius 1 is 1.64 bits per heavy atom. The number of hydrogen-bond acceptors (Lipinski definition) is 1. The van der Waals surface area contributed by atoms with Gasteiger partial charge in [0.25, 0.3) is 0 Å². The van der Waals surface area contributed by atoms with Crippen molar-refractivity contribution in [2.45, 2.75) is 46.1 Å². The van der Waals surface area contributed by atoms with Crippen LogP contribution in [0.25, 0.3) is 0 Å². The molecule has 1 aliphatic carbocycles. The monoisotopic (exact) mass is 192 g/mol. The summed E-state index contributed by atoms with van der Waals surface area (Å²) >= 11 is 0. The van der Waals surface area contributed by atoms with Crippen molar-refractivity contribution in [3.8, 4) is 12.3 Å². The first kappa shape index (κ1) is 11.3. The summed E-state index contributed by atoms with van der Waals surface area (Å²) in [6, 6.07) is 0. The molecule has 1 N–H and O–H groups in total. The summed E-state index contributed by atoms with van der Waals surface area (Å²) in [5, 5.41) is 10.0. The second-order valence-corrected chi connectivity index (χ2v) is 5.26. The minimum Gasteiger partial charge on any atom is -0.377 e. The van der Waals surface area contributed by atoms with E-state index in [1.54, 1.807) is 6.92 Å². The van der Waals surface area contributed by atoms with Crippen LogP contribution in [-0.2, 0) is 0 Å². The van der Waals surface area contributed by atoms with Crippen LogP contribution in [0.2, 0.25) is 0 Å². The van der Waals surface area contributed by atoms with Crippen LogP contribution in [0.3, 0.4) is 0 Å². The van der Waals surface area contributed by atoms with Gasteiger partial charge in [0.15, 0.2) is 0 Å². The van der Waals surface area contributed by atoms with Gasteiger partial charge in [-0.05, 0) is 32.1 Å². The molecule has 1 heteroatoms. The SMILES string of the molecule is C#CC(C)(O)C1CCC(C)(C)C=C1C. The highest BCUT2D eigenvalue weighted by molar-refractivity contribution is 5.22. The molecule has 2 unspecified atom stereocenters. The van der Waals surface area contributed by atoms with Crippen LogP contribution in [0.1, 0.15) is 40.5 Å². The fourth-order valence-electron chi connectivity index (χ4n) is 2.36. The van der Waals surface area contributed by atoms with E-state index in [1.807, 2.05) is 0 Å². The highest BCUT2D eigenvalue weighted by Gasteiger charge is 2.35. The van der Waals surface area contributed by atoms with Crippen molar-refractivity contribution in [3.05, 3.63) is 11.6 Å². The van der Waals surface area contributed by atoms with E-state index < -0.39 is 5.60 Å². The molecule has 0 aromatic heterocycles. The van der Waals surface area contributed by atoms with Crippen LogP contribution in [-0.4, -0.2) is 10.7 Å². The highest BCUT2D eigenvalue weighted by atomic mass is 16.3. The number of rotatable bonds is 1. The Morgan fingerprint density at radius 2 is 2.21 bits per heavy atom. The average Bonchev–Trinajstić information content (AvgIpc) is 2.01. The Labute approximate surface area is 87.2 Å². The van der Waals surface area contributed by atoms with Gasteiger partial charge in [0.1, 0.15) is 5.60 Å². The second kappa shape index (κ2) is 3.44. The summed E-state index contributed by atoms with van der Waals surface area (Å²) in [6.07, 6.45) is 9.65. The molecule has 1 rings (SSSR count). The molecule has 0 heterocycles. The standard InChI is InChI=1S/C13H20O/c1-6-13(5,14)11-7-8-12(3,4)9-10(11)2/h1,9,11,14H,7-8H2,2-5H3. The summed E-state index contributed by atoms with van der Waals surface area (Å²) < 4.78 is 0. The predicted molar refractivity (Wildman–Crippen MR) is 59.7 cm³/mol. The molecule has 0 saturated heterocycles. The number of hydrogen-bond donors (Lipinski definition) is 1. The molecule has 0 aromatic carbocycles. The van der Waals surface area contributed by atoms with Crippen LogP contribution in [0, 0.1) is 23.7 Å². The number of aliphatic hydroxyl groups is 1. The maximum atomic E-state index is 10.0. The molecule has 1 aliphatic rings. The third-order valence-corrected chi connectivity index (χ3v) is 3.22. The highest BCUT2D eigenvalue weighted by Crippen LogP contribution is 2.40. The quantitative estimate of drug-likeness (QED) is 0.500. The molecule has 78 valence electrons. The molecule has 0 bridgehead atoms. The van der Waals surface area contributed by atoms with Gasteiger partial charge in [0.05, 0.1) is 0 Å². The molecule has 0 amide bonds. The minimum absolute atomic E-state index is 0.125. The number of terminal acetylenes is 1. The van der Waals surface area contributed by atoms with Crippen molar-refractivity contribution in [2.24, 2.45) is 11.3 Å². The fraction of sp³-hybridized carbons (Fsp3) is 0.692. The lowest BCUT2D eigenvalue weighted by Gasteiger charge is -2.37. The van der Waals surface area contributed by atoms with E-state index in [-0.39, 0.29) is 11.3 Å². The van der Waals surface area contributed by atoms with Gasteiger partial charge in [0, 0.05) is 5.92 Å². The molecular weight excluding hydrogens is 172 g/mol. The van der Waals surface area contributed by atoms with E-state index in [9.17, 15) is 5.11 Å². The molecule has 0 saturated carbocycles. The molecule has 0 aliphatic heterocycles. The van der Waals surface area contributed by atoms with E-state index in [2.05, 4.69) is 32.8 Å². The van der Waals surface area contributed by atoms with Crippen LogP contribution in [0.15, 0.2) is 11.6 Å². The van der Waals surface area contributed by atoms with Gasteiger partial charge < -0.3 is 5.11 Å². The van der Waals surface area contributed by atoms with Crippen molar-refractivity contribution in [2.75, 3.05) is 0 Å². The summed E-state index contributed by atoms with van der Waals surface area (Å²) in [5.74, 6) is 2.61. The largest absolute Gasteiger partial charge is 0.377 e. The Hall–Kier alpha value is -0.740. The summed E-state index contributed by atoms with van der Waals surface area (Å²) in [5.41, 5.74) is 0.492. The van der Waals surface area contributed by atoms with E-state index in [1.165, 1.54) is 5.57 Å². The van der Waals surface area contributed by atoms with Crippen molar-refractivity contribution in [1.29, 1.82) is 0 Å². The minimum atomic E-state index is -0.989. The molecule has 1 nitrogen and oxygen atoms in total. The van der Waals surface area contributed by atoms with Gasteiger partial charge in [-0.25, -0.2) is 0 Å². The van der Waals surface area contributed by atoms with Crippen molar-refractivity contribution in [1.82, 2.24) is 0 Å². The van der Waals surface area contributed by atoms with E-state index in [0.717, 1.165) is 12.8 Å². The van der Waals surface area contributed by atoms with E-state index >= 15 is 0 Å². The topological polar surface area (TPSA) is 20.2 Å².